The number of hydrogen-bond donors (Lipinski definition) is 2. The van der Waals surface area contributed by atoms with Crippen LogP contribution in [-0.2, 0) is 19.4 Å². The van der Waals surface area contributed by atoms with Crippen LogP contribution in [0.3, 0.4) is 0 Å². The predicted octanol–water partition coefficient (Wildman–Crippen LogP) is 3.80. The summed E-state index contributed by atoms with van der Waals surface area (Å²) in [5, 5.41) is 16.5. The normalized spacial score (nSPS) is 10.7. The Labute approximate surface area is 159 Å². The number of rotatable bonds is 6. The van der Waals surface area contributed by atoms with Crippen LogP contribution in [0.2, 0.25) is 10.0 Å². The average molecular weight is 392 g/mol. The lowest BCUT2D eigenvalue weighted by Gasteiger charge is -2.04. The Bertz CT molecular complexity index is 890. The molecule has 1 heterocycles. The number of phenolic OH excluding ortho intramolecular Hbond substituents is 1. The van der Waals surface area contributed by atoms with Crippen LogP contribution < -0.4 is 5.32 Å². The van der Waals surface area contributed by atoms with Gasteiger partial charge in [0.05, 0.1) is 10.0 Å². The van der Waals surface area contributed by atoms with Crippen molar-refractivity contribution in [3.63, 3.8) is 0 Å². The van der Waals surface area contributed by atoms with Gasteiger partial charge < -0.3 is 14.9 Å². The van der Waals surface area contributed by atoms with Gasteiger partial charge in [0.2, 0.25) is 0 Å². The highest BCUT2D eigenvalue weighted by Crippen LogP contribution is 2.32. The Balaban J connectivity index is 1.57. The lowest BCUT2D eigenvalue weighted by Crippen LogP contribution is -2.23. The molecule has 3 aromatic rings. The number of hydrogen-bond acceptors (Lipinski definition) is 5. The maximum Gasteiger partial charge on any atom is 0.315 e. The number of aromatic hydroxyl groups is 1. The number of nitrogens with zero attached hydrogens (tertiary/aromatic N) is 2. The van der Waals surface area contributed by atoms with E-state index in [4.69, 9.17) is 27.7 Å². The van der Waals surface area contributed by atoms with Crippen LogP contribution in [0.25, 0.3) is 0 Å². The molecule has 0 aliphatic rings. The number of aryl methyl sites for hydroxylation is 2. The molecule has 26 heavy (non-hydrogen) atoms. The van der Waals surface area contributed by atoms with E-state index < -0.39 is 5.91 Å². The predicted molar refractivity (Wildman–Crippen MR) is 97.4 cm³/mol. The molecule has 0 radical (unpaired) electrons. The van der Waals surface area contributed by atoms with Crippen molar-refractivity contribution in [3.8, 4) is 5.75 Å². The molecular formula is C18H15Cl2N3O3. The third-order valence-electron chi connectivity index (χ3n) is 3.67. The summed E-state index contributed by atoms with van der Waals surface area (Å²) in [6.07, 6.45) is 0.969. The molecule has 2 N–H and O–H groups in total. The third-order valence-corrected chi connectivity index (χ3v) is 4.25. The number of amides is 1. The number of nitrogens with one attached hydrogen (secondary N) is 1. The van der Waals surface area contributed by atoms with Crippen LogP contribution in [0.5, 0.6) is 5.75 Å². The molecule has 0 bridgehead atoms. The second-order valence-electron chi connectivity index (χ2n) is 5.59. The van der Waals surface area contributed by atoms with Gasteiger partial charge in [-0.1, -0.05) is 58.7 Å². The Morgan fingerprint density at radius 2 is 1.77 bits per heavy atom. The summed E-state index contributed by atoms with van der Waals surface area (Å²) in [6, 6.07) is 12.8. The van der Waals surface area contributed by atoms with E-state index in [9.17, 15) is 9.90 Å². The van der Waals surface area contributed by atoms with E-state index in [1.165, 1.54) is 0 Å². The van der Waals surface area contributed by atoms with E-state index >= 15 is 0 Å². The van der Waals surface area contributed by atoms with Crippen molar-refractivity contribution in [3.05, 3.63) is 75.4 Å². The molecule has 0 saturated heterocycles. The zero-order valence-electron chi connectivity index (χ0n) is 13.6. The first-order valence-corrected chi connectivity index (χ1v) is 8.60. The fraction of sp³-hybridized carbons (Fsp3) is 0.167. The molecule has 134 valence electrons. The number of aromatic nitrogens is 2. The second kappa shape index (κ2) is 8.21. The fourth-order valence-corrected chi connectivity index (χ4v) is 2.85. The minimum Gasteiger partial charge on any atom is -0.505 e. The van der Waals surface area contributed by atoms with Crippen molar-refractivity contribution in [2.24, 2.45) is 0 Å². The van der Waals surface area contributed by atoms with Gasteiger partial charge in [-0.15, -0.1) is 0 Å². The van der Waals surface area contributed by atoms with E-state index in [1.54, 1.807) is 12.1 Å². The summed E-state index contributed by atoms with van der Waals surface area (Å²) < 4.78 is 5.00. The standard InChI is InChI=1S/C18H15Cl2N3O3/c19-13-8-12(9-14(20)16(13)24)6-7-15-22-18(26-23-15)17(25)21-10-11-4-2-1-3-5-11/h1-5,8-9,24H,6-7,10H2,(H,21,25). The molecule has 0 unspecified atom stereocenters. The second-order valence-corrected chi connectivity index (χ2v) is 6.41. The molecule has 8 heteroatoms. The molecule has 1 aromatic heterocycles. The van der Waals surface area contributed by atoms with Crippen molar-refractivity contribution in [2.45, 2.75) is 19.4 Å². The fourth-order valence-electron chi connectivity index (χ4n) is 2.32. The SMILES string of the molecule is O=C(NCc1ccccc1)c1nc(CCc2cc(Cl)c(O)c(Cl)c2)no1. The van der Waals surface area contributed by atoms with Crippen molar-refractivity contribution in [1.82, 2.24) is 15.5 Å². The Morgan fingerprint density at radius 3 is 2.46 bits per heavy atom. The molecule has 3 rings (SSSR count). The van der Waals surface area contributed by atoms with E-state index in [-0.39, 0.29) is 21.7 Å². The molecule has 0 spiro atoms. The van der Waals surface area contributed by atoms with Gasteiger partial charge >= 0.3 is 11.8 Å². The maximum absolute atomic E-state index is 12.1. The monoisotopic (exact) mass is 391 g/mol. The minimum absolute atomic E-state index is 0.0855. The number of benzene rings is 2. The highest BCUT2D eigenvalue weighted by Gasteiger charge is 2.15. The van der Waals surface area contributed by atoms with Crippen molar-refractivity contribution < 1.29 is 14.4 Å². The highest BCUT2D eigenvalue weighted by atomic mass is 35.5. The van der Waals surface area contributed by atoms with Gasteiger partial charge in [-0.2, -0.15) is 4.98 Å². The molecule has 0 atom stereocenters. The van der Waals surface area contributed by atoms with Crippen molar-refractivity contribution >= 4 is 29.1 Å². The number of halogens is 2. The van der Waals surface area contributed by atoms with E-state index in [1.807, 2.05) is 30.3 Å². The molecule has 1 amide bonds. The maximum atomic E-state index is 12.1. The van der Waals surface area contributed by atoms with Gasteiger partial charge in [0.1, 0.15) is 0 Å². The Kier molecular flexibility index (Phi) is 5.75. The molecule has 2 aromatic carbocycles. The number of carbonyl (C=O) groups is 1. The lowest BCUT2D eigenvalue weighted by atomic mass is 10.1. The van der Waals surface area contributed by atoms with Gasteiger partial charge in [-0.3, -0.25) is 4.79 Å². The van der Waals surface area contributed by atoms with Crippen molar-refractivity contribution in [2.75, 3.05) is 0 Å². The quantitative estimate of drug-likeness (QED) is 0.666. The first-order valence-electron chi connectivity index (χ1n) is 7.84. The van der Waals surface area contributed by atoms with E-state index in [0.29, 0.717) is 25.2 Å². The molecule has 6 nitrogen and oxygen atoms in total. The molecule has 0 aliphatic carbocycles. The van der Waals surface area contributed by atoms with Crippen LogP contribution in [0.15, 0.2) is 47.0 Å². The van der Waals surface area contributed by atoms with Crippen LogP contribution in [0, 0.1) is 0 Å². The first-order chi connectivity index (χ1) is 12.5. The smallest absolute Gasteiger partial charge is 0.315 e. The third kappa shape index (κ3) is 4.53. The molecular weight excluding hydrogens is 377 g/mol. The number of carbonyl (C=O) groups excluding carboxylic acids is 1. The summed E-state index contributed by atoms with van der Waals surface area (Å²) in [5.41, 5.74) is 1.79. The van der Waals surface area contributed by atoms with Crippen LogP contribution in [-0.4, -0.2) is 21.2 Å². The van der Waals surface area contributed by atoms with E-state index in [2.05, 4.69) is 15.5 Å². The molecule has 0 fully saturated rings. The molecule has 0 aliphatic heterocycles. The van der Waals surface area contributed by atoms with Gasteiger partial charge in [-0.05, 0) is 29.7 Å². The summed E-state index contributed by atoms with van der Waals surface area (Å²) in [6.45, 7) is 0.377. The van der Waals surface area contributed by atoms with Crippen LogP contribution in [0.1, 0.15) is 27.6 Å². The van der Waals surface area contributed by atoms with Gasteiger partial charge in [0.15, 0.2) is 11.6 Å². The Morgan fingerprint density at radius 1 is 1.08 bits per heavy atom. The first kappa shape index (κ1) is 18.2. The summed E-state index contributed by atoms with van der Waals surface area (Å²) in [7, 11) is 0. The summed E-state index contributed by atoms with van der Waals surface area (Å²) in [4.78, 5) is 16.2. The largest absolute Gasteiger partial charge is 0.505 e. The van der Waals surface area contributed by atoms with Crippen molar-refractivity contribution in [1.29, 1.82) is 0 Å². The number of phenols is 1. The minimum atomic E-state index is -0.427. The average Bonchev–Trinajstić information content (AvgIpc) is 3.12. The topological polar surface area (TPSA) is 88.2 Å². The van der Waals surface area contributed by atoms with Gasteiger partial charge in [0.25, 0.3) is 0 Å². The highest BCUT2D eigenvalue weighted by molar-refractivity contribution is 6.37. The summed E-state index contributed by atoms with van der Waals surface area (Å²) in [5.74, 6) is -0.259. The molecule has 0 saturated carbocycles. The lowest BCUT2D eigenvalue weighted by molar-refractivity contribution is 0.0907. The van der Waals surface area contributed by atoms with Crippen LogP contribution in [0.4, 0.5) is 0 Å². The van der Waals surface area contributed by atoms with Crippen LogP contribution >= 0.6 is 23.2 Å². The zero-order valence-corrected chi connectivity index (χ0v) is 15.1. The van der Waals surface area contributed by atoms with E-state index in [0.717, 1.165) is 11.1 Å². The Hall–Kier alpha value is -2.57. The van der Waals surface area contributed by atoms with Gasteiger partial charge in [-0.25, -0.2) is 0 Å². The van der Waals surface area contributed by atoms with Gasteiger partial charge in [0, 0.05) is 13.0 Å². The summed E-state index contributed by atoms with van der Waals surface area (Å²) >= 11 is 11.8. The zero-order chi connectivity index (χ0) is 18.5.